The van der Waals surface area contributed by atoms with Gasteiger partial charge in [-0.1, -0.05) is 13.8 Å². The van der Waals surface area contributed by atoms with Crippen LogP contribution in [0.25, 0.3) is 0 Å². The third-order valence-corrected chi connectivity index (χ3v) is 9.99. The van der Waals surface area contributed by atoms with Crippen molar-refractivity contribution in [2.45, 2.75) is 85.0 Å². The molecule has 8 atom stereocenters. The van der Waals surface area contributed by atoms with E-state index in [-0.39, 0.29) is 11.3 Å². The standard InChI is InChI=1S/C24H40O3/c1-4-24-13-10-16(15-27-5-2)14-17(24)6-7-18-19-8-9-21(22(25)26)23(19,3)12-11-20(18)24/h16-21H,4-15H2,1-3H3,(H,25,26)/t16-,17-,18?,19?,20?,21+,23-,24-/m0/s1. The summed E-state index contributed by atoms with van der Waals surface area (Å²) in [4.78, 5) is 11.9. The fourth-order valence-corrected chi connectivity index (χ4v) is 8.69. The summed E-state index contributed by atoms with van der Waals surface area (Å²) in [7, 11) is 0. The van der Waals surface area contributed by atoms with E-state index in [4.69, 9.17) is 4.74 Å². The maximum atomic E-state index is 11.9. The number of hydrogen-bond acceptors (Lipinski definition) is 2. The van der Waals surface area contributed by atoms with Crippen LogP contribution in [0.2, 0.25) is 0 Å². The molecule has 4 fully saturated rings. The minimum atomic E-state index is -0.534. The van der Waals surface area contributed by atoms with Crippen LogP contribution in [0.5, 0.6) is 0 Å². The summed E-state index contributed by atoms with van der Waals surface area (Å²) in [6.07, 6.45) is 12.7. The molecule has 3 nitrogen and oxygen atoms in total. The van der Waals surface area contributed by atoms with Crippen LogP contribution < -0.4 is 0 Å². The van der Waals surface area contributed by atoms with Gasteiger partial charge < -0.3 is 9.84 Å². The summed E-state index contributed by atoms with van der Waals surface area (Å²) >= 11 is 0. The summed E-state index contributed by atoms with van der Waals surface area (Å²) in [6, 6.07) is 0. The molecule has 27 heavy (non-hydrogen) atoms. The lowest BCUT2D eigenvalue weighted by molar-refractivity contribution is -0.155. The summed E-state index contributed by atoms with van der Waals surface area (Å²) < 4.78 is 5.77. The first-order valence-electron chi connectivity index (χ1n) is 11.8. The Balaban J connectivity index is 1.55. The molecule has 0 heterocycles. The Kier molecular flexibility index (Phi) is 5.37. The lowest BCUT2D eigenvalue weighted by Gasteiger charge is -2.62. The van der Waals surface area contributed by atoms with Gasteiger partial charge in [0.25, 0.3) is 0 Å². The molecule has 4 aliphatic rings. The van der Waals surface area contributed by atoms with E-state index < -0.39 is 5.97 Å². The highest BCUT2D eigenvalue weighted by Crippen LogP contribution is 2.68. The van der Waals surface area contributed by atoms with E-state index in [1.807, 2.05) is 0 Å². The molecule has 154 valence electrons. The third-order valence-electron chi connectivity index (χ3n) is 9.99. The molecule has 0 saturated heterocycles. The lowest BCUT2D eigenvalue weighted by Crippen LogP contribution is -2.55. The van der Waals surface area contributed by atoms with Crippen LogP contribution in [0.1, 0.15) is 85.0 Å². The van der Waals surface area contributed by atoms with Crippen molar-refractivity contribution in [3.05, 3.63) is 0 Å². The molecular formula is C24H40O3. The molecule has 4 rings (SSSR count). The second kappa shape index (κ2) is 7.35. The average Bonchev–Trinajstić information content (AvgIpc) is 3.03. The molecule has 0 aromatic carbocycles. The maximum absolute atomic E-state index is 11.9. The number of ether oxygens (including phenoxy) is 1. The van der Waals surface area contributed by atoms with Crippen LogP contribution in [-0.2, 0) is 9.53 Å². The van der Waals surface area contributed by atoms with Gasteiger partial charge in [0.1, 0.15) is 0 Å². The van der Waals surface area contributed by atoms with Gasteiger partial charge in [0.15, 0.2) is 0 Å². The van der Waals surface area contributed by atoms with Crippen LogP contribution in [0.4, 0.5) is 0 Å². The van der Waals surface area contributed by atoms with Crippen molar-refractivity contribution in [3.8, 4) is 0 Å². The molecule has 0 aliphatic heterocycles. The first-order valence-corrected chi connectivity index (χ1v) is 11.8. The Morgan fingerprint density at radius 1 is 1.04 bits per heavy atom. The van der Waals surface area contributed by atoms with Crippen molar-refractivity contribution in [2.24, 2.45) is 46.3 Å². The van der Waals surface area contributed by atoms with Gasteiger partial charge in [-0.2, -0.15) is 0 Å². The molecular weight excluding hydrogens is 336 g/mol. The minimum Gasteiger partial charge on any atom is -0.481 e. The van der Waals surface area contributed by atoms with Crippen molar-refractivity contribution >= 4 is 5.97 Å². The minimum absolute atomic E-state index is 0.0565. The predicted molar refractivity (Wildman–Crippen MR) is 107 cm³/mol. The SMILES string of the molecule is CCOC[C@H]1CC[C@]2(CC)C3CC[C@@]4(C)C(CC[C@@H]4C(=O)O)C3CC[C@H]2C1. The van der Waals surface area contributed by atoms with Gasteiger partial charge in [-0.3, -0.25) is 4.79 Å². The van der Waals surface area contributed by atoms with Crippen LogP contribution in [0.3, 0.4) is 0 Å². The molecule has 3 unspecified atom stereocenters. The number of rotatable bonds is 5. The first kappa shape index (κ1) is 19.7. The van der Waals surface area contributed by atoms with Gasteiger partial charge in [-0.05, 0) is 112 Å². The van der Waals surface area contributed by atoms with E-state index in [0.29, 0.717) is 11.3 Å². The summed E-state index contributed by atoms with van der Waals surface area (Å²) in [6.45, 7) is 8.68. The third kappa shape index (κ3) is 2.98. The van der Waals surface area contributed by atoms with Crippen molar-refractivity contribution in [1.29, 1.82) is 0 Å². The van der Waals surface area contributed by atoms with Gasteiger partial charge in [0, 0.05) is 13.2 Å². The van der Waals surface area contributed by atoms with Crippen LogP contribution in [0, 0.1) is 46.3 Å². The monoisotopic (exact) mass is 376 g/mol. The Hall–Kier alpha value is -0.570. The average molecular weight is 377 g/mol. The van der Waals surface area contributed by atoms with Gasteiger partial charge in [0.05, 0.1) is 5.92 Å². The van der Waals surface area contributed by atoms with Gasteiger partial charge in [-0.15, -0.1) is 0 Å². The number of carboxylic acid groups (broad SMARTS) is 1. The molecule has 0 bridgehead atoms. The highest BCUT2D eigenvalue weighted by molar-refractivity contribution is 5.71. The van der Waals surface area contributed by atoms with E-state index >= 15 is 0 Å². The van der Waals surface area contributed by atoms with E-state index in [0.717, 1.165) is 56.1 Å². The van der Waals surface area contributed by atoms with Gasteiger partial charge in [0.2, 0.25) is 0 Å². The molecule has 0 spiro atoms. The Morgan fingerprint density at radius 3 is 2.56 bits per heavy atom. The van der Waals surface area contributed by atoms with E-state index in [9.17, 15) is 9.90 Å². The highest BCUT2D eigenvalue weighted by Gasteiger charge is 2.62. The lowest BCUT2D eigenvalue weighted by atomic mass is 9.43. The van der Waals surface area contributed by atoms with Crippen molar-refractivity contribution in [2.75, 3.05) is 13.2 Å². The molecule has 0 amide bonds. The predicted octanol–water partition coefficient (Wildman–Crippen LogP) is 5.77. The quantitative estimate of drug-likeness (QED) is 0.662. The number of aliphatic carboxylic acids is 1. The Labute approximate surface area is 165 Å². The number of fused-ring (bicyclic) bond motifs is 5. The van der Waals surface area contributed by atoms with Crippen LogP contribution in [-0.4, -0.2) is 24.3 Å². The molecule has 3 heteroatoms. The fraction of sp³-hybridized carbons (Fsp3) is 0.958. The molecule has 0 aromatic heterocycles. The summed E-state index contributed by atoms with van der Waals surface area (Å²) in [5.41, 5.74) is 0.592. The van der Waals surface area contributed by atoms with Crippen LogP contribution >= 0.6 is 0 Å². The van der Waals surface area contributed by atoms with Gasteiger partial charge >= 0.3 is 5.97 Å². The van der Waals surface area contributed by atoms with Crippen molar-refractivity contribution < 1.29 is 14.6 Å². The largest absolute Gasteiger partial charge is 0.481 e. The normalized spacial score (nSPS) is 49.1. The zero-order valence-corrected chi connectivity index (χ0v) is 17.7. The molecule has 4 aliphatic carbocycles. The summed E-state index contributed by atoms with van der Waals surface area (Å²) in [5.74, 6) is 3.30. The molecule has 1 N–H and O–H groups in total. The van der Waals surface area contributed by atoms with Crippen LogP contribution in [0.15, 0.2) is 0 Å². The topological polar surface area (TPSA) is 46.5 Å². The maximum Gasteiger partial charge on any atom is 0.307 e. The molecule has 0 aromatic rings. The van der Waals surface area contributed by atoms with E-state index in [1.165, 1.54) is 44.9 Å². The second-order valence-corrected chi connectivity index (χ2v) is 10.6. The molecule has 4 saturated carbocycles. The smallest absolute Gasteiger partial charge is 0.307 e. The highest BCUT2D eigenvalue weighted by atomic mass is 16.5. The van der Waals surface area contributed by atoms with E-state index in [2.05, 4.69) is 20.8 Å². The van der Waals surface area contributed by atoms with Crippen molar-refractivity contribution in [1.82, 2.24) is 0 Å². The number of hydrogen-bond donors (Lipinski definition) is 1. The van der Waals surface area contributed by atoms with E-state index in [1.54, 1.807) is 0 Å². The Morgan fingerprint density at radius 2 is 1.85 bits per heavy atom. The summed E-state index contributed by atoms with van der Waals surface area (Å²) in [5, 5.41) is 9.79. The molecule has 0 radical (unpaired) electrons. The van der Waals surface area contributed by atoms with Gasteiger partial charge in [-0.25, -0.2) is 0 Å². The zero-order chi connectivity index (χ0) is 19.2. The second-order valence-electron chi connectivity index (χ2n) is 10.6. The fourth-order valence-electron chi connectivity index (χ4n) is 8.69. The Bertz CT molecular complexity index is 560. The van der Waals surface area contributed by atoms with Crippen molar-refractivity contribution in [3.63, 3.8) is 0 Å². The number of carbonyl (C=O) groups is 1. The first-order chi connectivity index (χ1) is 13.0. The zero-order valence-electron chi connectivity index (χ0n) is 17.7. The number of carboxylic acids is 1.